The number of ether oxygens (including phenoxy) is 1. The third-order valence-corrected chi connectivity index (χ3v) is 7.72. The summed E-state index contributed by atoms with van der Waals surface area (Å²) >= 11 is 1.55. The minimum absolute atomic E-state index is 0.0277. The number of amides is 2. The van der Waals surface area contributed by atoms with Gasteiger partial charge in [0.15, 0.2) is 0 Å². The molecule has 3 aliphatic rings. The van der Waals surface area contributed by atoms with Gasteiger partial charge in [-0.3, -0.25) is 19.4 Å². The van der Waals surface area contributed by atoms with Crippen LogP contribution in [0.5, 0.6) is 0 Å². The molecule has 2 fully saturated rings. The number of benzene rings is 1. The summed E-state index contributed by atoms with van der Waals surface area (Å²) in [5.41, 5.74) is 1.31. The zero-order valence-corrected chi connectivity index (χ0v) is 18.7. The van der Waals surface area contributed by atoms with Crippen LogP contribution in [0.15, 0.2) is 23.1 Å². The van der Waals surface area contributed by atoms with Gasteiger partial charge >= 0.3 is 0 Å². The summed E-state index contributed by atoms with van der Waals surface area (Å²) < 4.78 is 5.39. The number of nitrogens with one attached hydrogen (secondary N) is 2. The summed E-state index contributed by atoms with van der Waals surface area (Å²) in [6.45, 7) is 8.87. The Hall–Kier alpha value is -1.61. The molecule has 3 aliphatic heterocycles. The lowest BCUT2D eigenvalue weighted by atomic mass is 9.98. The molecule has 0 unspecified atom stereocenters. The predicted molar refractivity (Wildman–Crippen MR) is 119 cm³/mol. The zero-order chi connectivity index (χ0) is 21.1. The molecule has 0 aromatic heterocycles. The van der Waals surface area contributed by atoms with Crippen LogP contribution in [0.4, 0.5) is 5.69 Å². The molecule has 0 saturated carbocycles. The van der Waals surface area contributed by atoms with Crippen LogP contribution in [0, 0.1) is 0 Å². The van der Waals surface area contributed by atoms with Crippen LogP contribution < -0.4 is 10.6 Å². The fourth-order valence-electron chi connectivity index (χ4n) is 4.61. The Morgan fingerprint density at radius 3 is 2.70 bits per heavy atom. The summed E-state index contributed by atoms with van der Waals surface area (Å²) in [4.78, 5) is 30.9. The van der Waals surface area contributed by atoms with Gasteiger partial charge in [-0.05, 0) is 44.9 Å². The van der Waals surface area contributed by atoms with Gasteiger partial charge in [-0.1, -0.05) is 18.2 Å². The van der Waals surface area contributed by atoms with Crippen molar-refractivity contribution in [1.82, 2.24) is 15.1 Å². The molecule has 0 spiro atoms. The number of hydrogen-bond donors (Lipinski definition) is 2. The molecule has 0 radical (unpaired) electrons. The van der Waals surface area contributed by atoms with Crippen LogP contribution in [0.25, 0.3) is 0 Å². The molecule has 30 heavy (non-hydrogen) atoms. The normalized spacial score (nSPS) is 27.9. The molecule has 2 saturated heterocycles. The molecule has 0 bridgehead atoms. The first kappa shape index (κ1) is 21.6. The Morgan fingerprint density at radius 2 is 1.97 bits per heavy atom. The van der Waals surface area contributed by atoms with Crippen LogP contribution in [0.1, 0.15) is 43.5 Å². The second kappa shape index (κ2) is 9.68. The van der Waals surface area contributed by atoms with E-state index in [1.165, 1.54) is 19.3 Å². The first-order valence-corrected chi connectivity index (χ1v) is 11.9. The number of carbonyl (C=O) groups is 2. The average molecular weight is 433 g/mol. The molecule has 0 aliphatic carbocycles. The molecule has 2 amide bonds. The number of likely N-dealkylation sites (tertiary alicyclic amines) is 1. The molecule has 2 N–H and O–H groups in total. The number of anilines is 1. The van der Waals surface area contributed by atoms with E-state index in [1.807, 2.05) is 12.1 Å². The van der Waals surface area contributed by atoms with Crippen molar-refractivity contribution in [2.45, 2.75) is 55.5 Å². The molecule has 1 aromatic carbocycles. The third-order valence-electron chi connectivity index (χ3n) is 6.37. The van der Waals surface area contributed by atoms with Crippen LogP contribution in [0.2, 0.25) is 0 Å². The lowest BCUT2D eigenvalue weighted by Crippen LogP contribution is -2.48. The molecule has 164 valence electrons. The summed E-state index contributed by atoms with van der Waals surface area (Å²) in [5.74, 6) is -0.121. The van der Waals surface area contributed by atoms with Gasteiger partial charge < -0.3 is 15.4 Å². The van der Waals surface area contributed by atoms with Crippen molar-refractivity contribution in [1.29, 1.82) is 0 Å². The van der Waals surface area contributed by atoms with E-state index in [2.05, 4.69) is 34.3 Å². The largest absolute Gasteiger partial charge is 0.379 e. The highest BCUT2D eigenvalue weighted by Gasteiger charge is 2.33. The predicted octanol–water partition coefficient (Wildman–Crippen LogP) is 2.38. The Bertz CT molecular complexity index is 774. The van der Waals surface area contributed by atoms with Crippen molar-refractivity contribution in [3.63, 3.8) is 0 Å². The molecular formula is C22H32N4O3S. The van der Waals surface area contributed by atoms with E-state index in [0.29, 0.717) is 37.4 Å². The molecule has 8 heteroatoms. The lowest BCUT2D eigenvalue weighted by molar-refractivity contribution is -0.119. The Morgan fingerprint density at radius 1 is 1.23 bits per heavy atom. The Kier molecular flexibility index (Phi) is 6.98. The van der Waals surface area contributed by atoms with Gasteiger partial charge in [-0.15, -0.1) is 0 Å². The van der Waals surface area contributed by atoms with Gasteiger partial charge in [-0.2, -0.15) is 0 Å². The number of carbonyl (C=O) groups excluding carboxylic acids is 2. The van der Waals surface area contributed by atoms with Crippen molar-refractivity contribution in [3.8, 4) is 0 Å². The number of fused-ring (bicyclic) bond motifs is 1. The smallest absolute Gasteiger partial charge is 0.252 e. The van der Waals surface area contributed by atoms with Crippen molar-refractivity contribution >= 4 is 29.3 Å². The van der Waals surface area contributed by atoms with Crippen LogP contribution in [0.3, 0.4) is 0 Å². The maximum absolute atomic E-state index is 12.7. The number of morpholine rings is 1. The summed E-state index contributed by atoms with van der Waals surface area (Å²) in [6.07, 6.45) is 3.74. The first-order chi connectivity index (χ1) is 14.5. The van der Waals surface area contributed by atoms with E-state index in [-0.39, 0.29) is 17.2 Å². The van der Waals surface area contributed by atoms with Crippen LogP contribution in [-0.2, 0) is 9.53 Å². The van der Waals surface area contributed by atoms with Gasteiger partial charge in [0.05, 0.1) is 18.9 Å². The summed E-state index contributed by atoms with van der Waals surface area (Å²) in [5, 5.41) is 5.79. The van der Waals surface area contributed by atoms with Crippen LogP contribution in [-0.4, -0.2) is 78.5 Å². The second-order valence-corrected chi connectivity index (χ2v) is 9.56. The topological polar surface area (TPSA) is 73.9 Å². The van der Waals surface area contributed by atoms with Gasteiger partial charge in [0.1, 0.15) is 5.37 Å². The Balaban J connectivity index is 1.34. The fraction of sp³-hybridized carbons (Fsp3) is 0.636. The minimum Gasteiger partial charge on any atom is -0.379 e. The number of piperidine rings is 1. The van der Waals surface area contributed by atoms with Crippen molar-refractivity contribution in [2.75, 3.05) is 44.7 Å². The highest BCUT2D eigenvalue weighted by Crippen LogP contribution is 2.37. The number of nitrogens with zero attached hydrogens (tertiary/aromatic N) is 2. The second-order valence-electron chi connectivity index (χ2n) is 8.44. The minimum atomic E-state index is -0.241. The summed E-state index contributed by atoms with van der Waals surface area (Å²) in [7, 11) is 0. The maximum Gasteiger partial charge on any atom is 0.252 e. The van der Waals surface area contributed by atoms with E-state index in [9.17, 15) is 9.59 Å². The summed E-state index contributed by atoms with van der Waals surface area (Å²) in [6, 6.07) is 6.72. The first-order valence-electron chi connectivity index (χ1n) is 11.0. The van der Waals surface area contributed by atoms with Crippen molar-refractivity contribution in [2.24, 2.45) is 0 Å². The SMILES string of the molecule is C[C@@H]1CCC[C@H](C)N1CCNC(=O)c1ccc2c(c1)NC(=O)[C@H](N1CCOCC1)S2. The number of thioether (sulfide) groups is 1. The average Bonchev–Trinajstić information content (AvgIpc) is 2.75. The lowest BCUT2D eigenvalue weighted by Gasteiger charge is -2.39. The number of hydrogen-bond acceptors (Lipinski definition) is 6. The Labute approximate surface area is 182 Å². The zero-order valence-electron chi connectivity index (χ0n) is 17.9. The van der Waals surface area contributed by atoms with Gasteiger partial charge in [0.25, 0.3) is 11.8 Å². The van der Waals surface area contributed by atoms with Crippen molar-refractivity contribution < 1.29 is 14.3 Å². The van der Waals surface area contributed by atoms with E-state index in [4.69, 9.17) is 4.74 Å². The number of rotatable bonds is 5. The van der Waals surface area contributed by atoms with Gasteiger partial charge in [0.2, 0.25) is 0 Å². The standard InChI is InChI=1S/C22H32N4O3S/c1-15-4-3-5-16(2)26(15)9-8-23-20(27)17-6-7-19-18(14-17)24-21(28)22(30-19)25-10-12-29-13-11-25/h6-7,14-16,22H,3-5,8-13H2,1-2H3,(H,23,27)(H,24,28)/t15-,16+,22-/m1/s1. The van der Waals surface area contributed by atoms with E-state index in [0.717, 1.165) is 30.2 Å². The molecular weight excluding hydrogens is 400 g/mol. The van der Waals surface area contributed by atoms with Crippen LogP contribution >= 0.6 is 11.8 Å². The molecule has 3 heterocycles. The van der Waals surface area contributed by atoms with E-state index >= 15 is 0 Å². The molecule has 4 rings (SSSR count). The highest BCUT2D eigenvalue weighted by atomic mass is 32.2. The monoisotopic (exact) mass is 432 g/mol. The molecule has 3 atom stereocenters. The highest BCUT2D eigenvalue weighted by molar-refractivity contribution is 8.00. The van der Waals surface area contributed by atoms with E-state index in [1.54, 1.807) is 17.8 Å². The van der Waals surface area contributed by atoms with Crippen molar-refractivity contribution in [3.05, 3.63) is 23.8 Å². The molecule has 1 aromatic rings. The quantitative estimate of drug-likeness (QED) is 0.744. The third kappa shape index (κ3) is 4.82. The van der Waals surface area contributed by atoms with Gasteiger partial charge in [-0.25, -0.2) is 0 Å². The van der Waals surface area contributed by atoms with Gasteiger partial charge in [0, 0.05) is 48.7 Å². The fourth-order valence-corrected chi connectivity index (χ4v) is 5.76. The molecule has 7 nitrogen and oxygen atoms in total. The van der Waals surface area contributed by atoms with E-state index < -0.39 is 0 Å². The maximum atomic E-state index is 12.7.